The number of nitrogens with one attached hydrogen (secondary N) is 1. The van der Waals surface area contributed by atoms with Crippen LogP contribution in [0.3, 0.4) is 0 Å². The van der Waals surface area contributed by atoms with E-state index in [1.165, 1.54) is 6.08 Å². The summed E-state index contributed by atoms with van der Waals surface area (Å²) in [6.07, 6.45) is 7.09. The van der Waals surface area contributed by atoms with Gasteiger partial charge >= 0.3 is 0 Å². The maximum atomic E-state index is 10.9. The van der Waals surface area contributed by atoms with Crippen LogP contribution in [0.5, 0.6) is 0 Å². The molecule has 0 amide bonds. The Labute approximate surface area is 60.6 Å². The number of rotatable bonds is 2. The van der Waals surface area contributed by atoms with Gasteiger partial charge in [0.2, 0.25) is 0 Å². The Bertz CT molecular complexity index is 172. The van der Waals surface area contributed by atoms with Crippen LogP contribution in [-0.2, 0) is 4.79 Å². The number of hydrogen-bond donors (Lipinski definition) is 1. The van der Waals surface area contributed by atoms with Gasteiger partial charge in [-0.25, -0.2) is 0 Å². The third-order valence-electron chi connectivity index (χ3n) is 1.41. The highest BCUT2D eigenvalue weighted by Crippen LogP contribution is 1.96. The third-order valence-corrected chi connectivity index (χ3v) is 1.41. The molecule has 0 aromatic carbocycles. The van der Waals surface area contributed by atoms with E-state index in [-0.39, 0.29) is 11.8 Å². The van der Waals surface area contributed by atoms with Crippen LogP contribution in [0.1, 0.15) is 6.42 Å². The largest absolute Gasteiger partial charge is 0.303 e. The Balaban J connectivity index is 2.54. The van der Waals surface area contributed by atoms with Gasteiger partial charge in [-0.2, -0.15) is 0 Å². The molecule has 0 fully saturated rings. The van der Waals surface area contributed by atoms with Gasteiger partial charge in [0, 0.05) is 0 Å². The van der Waals surface area contributed by atoms with Crippen LogP contribution in [0.4, 0.5) is 0 Å². The second kappa shape index (κ2) is 3.32. The number of ketones is 1. The van der Waals surface area contributed by atoms with Crippen molar-refractivity contribution < 1.29 is 4.79 Å². The highest BCUT2D eigenvalue weighted by molar-refractivity contribution is 5.94. The molecule has 1 radical (unpaired) electrons. The summed E-state index contributed by atoms with van der Waals surface area (Å²) in [5.41, 5.74) is 0. The monoisotopic (exact) mass is 136 g/mol. The highest BCUT2D eigenvalue weighted by atomic mass is 16.1. The molecule has 1 atom stereocenters. The Morgan fingerprint density at radius 1 is 1.90 bits per heavy atom. The van der Waals surface area contributed by atoms with Crippen molar-refractivity contribution >= 4 is 5.78 Å². The Morgan fingerprint density at radius 3 is 3.20 bits per heavy atom. The Morgan fingerprint density at radius 2 is 2.70 bits per heavy atom. The zero-order valence-electron chi connectivity index (χ0n) is 5.76. The SMILES string of the molecule is C=CC(=O)C1[C]=CCCN1. The van der Waals surface area contributed by atoms with Gasteiger partial charge in [0.1, 0.15) is 0 Å². The first-order valence-electron chi connectivity index (χ1n) is 3.32. The van der Waals surface area contributed by atoms with Crippen LogP contribution < -0.4 is 5.32 Å². The summed E-state index contributed by atoms with van der Waals surface area (Å²) in [5.74, 6) is -0.00375. The summed E-state index contributed by atoms with van der Waals surface area (Å²) >= 11 is 0. The Kier molecular flexibility index (Phi) is 2.40. The molecular formula is C8H10NO. The minimum absolute atomic E-state index is 0.00375. The van der Waals surface area contributed by atoms with Gasteiger partial charge in [-0.15, -0.1) is 0 Å². The molecule has 1 aliphatic heterocycles. The first kappa shape index (κ1) is 7.22. The molecule has 0 bridgehead atoms. The summed E-state index contributed by atoms with van der Waals surface area (Å²) in [6.45, 7) is 4.25. The lowest BCUT2D eigenvalue weighted by Crippen LogP contribution is -2.37. The molecule has 1 unspecified atom stereocenters. The maximum absolute atomic E-state index is 10.9. The van der Waals surface area contributed by atoms with Crippen LogP contribution >= 0.6 is 0 Å². The molecular weight excluding hydrogens is 126 g/mol. The molecule has 0 spiro atoms. The van der Waals surface area contributed by atoms with E-state index >= 15 is 0 Å². The quantitative estimate of drug-likeness (QED) is 0.559. The molecule has 1 N–H and O–H groups in total. The minimum Gasteiger partial charge on any atom is -0.303 e. The molecule has 0 saturated heterocycles. The lowest BCUT2D eigenvalue weighted by molar-refractivity contribution is -0.115. The predicted molar refractivity (Wildman–Crippen MR) is 39.4 cm³/mol. The number of hydrogen-bond acceptors (Lipinski definition) is 2. The highest BCUT2D eigenvalue weighted by Gasteiger charge is 2.12. The molecule has 2 heteroatoms. The van der Waals surface area contributed by atoms with E-state index in [1.807, 2.05) is 6.08 Å². The molecule has 2 nitrogen and oxygen atoms in total. The molecule has 1 aliphatic rings. The van der Waals surface area contributed by atoms with Gasteiger partial charge in [-0.1, -0.05) is 12.7 Å². The van der Waals surface area contributed by atoms with E-state index in [1.54, 1.807) is 0 Å². The number of carbonyl (C=O) groups excluding carboxylic acids is 1. The van der Waals surface area contributed by atoms with Gasteiger partial charge in [0.25, 0.3) is 0 Å². The molecule has 1 rings (SSSR count). The summed E-state index contributed by atoms with van der Waals surface area (Å²) in [5, 5.41) is 3.01. The lowest BCUT2D eigenvalue weighted by atomic mass is 10.1. The molecule has 0 aromatic heterocycles. The summed E-state index contributed by atoms with van der Waals surface area (Å²) in [6, 6.07) is -0.244. The van der Waals surface area contributed by atoms with Gasteiger partial charge in [0.05, 0.1) is 6.04 Å². The van der Waals surface area contributed by atoms with Crippen molar-refractivity contribution in [1.29, 1.82) is 0 Å². The normalized spacial score (nSPS) is 24.2. The Hall–Kier alpha value is -0.890. The van der Waals surface area contributed by atoms with Crippen molar-refractivity contribution in [1.82, 2.24) is 5.32 Å². The molecule has 0 aliphatic carbocycles. The van der Waals surface area contributed by atoms with E-state index in [0.717, 1.165) is 13.0 Å². The van der Waals surface area contributed by atoms with E-state index in [0.29, 0.717) is 0 Å². The van der Waals surface area contributed by atoms with Crippen molar-refractivity contribution in [3.63, 3.8) is 0 Å². The summed E-state index contributed by atoms with van der Waals surface area (Å²) < 4.78 is 0. The van der Waals surface area contributed by atoms with Crippen LogP contribution in [0.2, 0.25) is 0 Å². The van der Waals surface area contributed by atoms with Crippen LogP contribution in [0, 0.1) is 6.08 Å². The second-order valence-electron chi connectivity index (χ2n) is 2.15. The van der Waals surface area contributed by atoms with Gasteiger partial charge in [-0.05, 0) is 25.1 Å². The standard InChI is InChI=1S/C8H10NO/c1-2-8(10)7-5-3-4-6-9-7/h2-3,7,9H,1,4,6H2. The molecule has 10 heavy (non-hydrogen) atoms. The smallest absolute Gasteiger partial charge is 0.176 e. The minimum atomic E-state index is -0.244. The molecule has 0 saturated carbocycles. The fourth-order valence-corrected chi connectivity index (χ4v) is 0.861. The van der Waals surface area contributed by atoms with E-state index < -0.39 is 0 Å². The lowest BCUT2D eigenvalue weighted by Gasteiger charge is -2.13. The van der Waals surface area contributed by atoms with Gasteiger partial charge in [0.15, 0.2) is 5.78 Å². The average molecular weight is 136 g/mol. The van der Waals surface area contributed by atoms with E-state index in [2.05, 4.69) is 18.0 Å². The van der Waals surface area contributed by atoms with Crippen LogP contribution in [0.25, 0.3) is 0 Å². The third kappa shape index (κ3) is 1.54. The van der Waals surface area contributed by atoms with E-state index in [9.17, 15) is 4.79 Å². The molecule has 0 aromatic rings. The topological polar surface area (TPSA) is 29.1 Å². The summed E-state index contributed by atoms with van der Waals surface area (Å²) in [4.78, 5) is 10.9. The van der Waals surface area contributed by atoms with Gasteiger partial charge < -0.3 is 5.32 Å². The fraction of sp³-hybridized carbons (Fsp3) is 0.375. The average Bonchev–Trinajstić information content (AvgIpc) is 2.05. The maximum Gasteiger partial charge on any atom is 0.176 e. The predicted octanol–water partition coefficient (Wildman–Crippen LogP) is 0.463. The van der Waals surface area contributed by atoms with Crippen molar-refractivity contribution in [2.75, 3.05) is 6.54 Å². The first-order chi connectivity index (χ1) is 4.84. The van der Waals surface area contributed by atoms with Crippen LogP contribution in [-0.4, -0.2) is 18.4 Å². The van der Waals surface area contributed by atoms with Crippen LogP contribution in [0.15, 0.2) is 18.7 Å². The fourth-order valence-electron chi connectivity index (χ4n) is 0.861. The number of carbonyl (C=O) groups is 1. The molecule has 53 valence electrons. The second-order valence-corrected chi connectivity index (χ2v) is 2.15. The van der Waals surface area contributed by atoms with E-state index in [4.69, 9.17) is 0 Å². The van der Waals surface area contributed by atoms with Gasteiger partial charge in [-0.3, -0.25) is 4.79 Å². The van der Waals surface area contributed by atoms with Crippen molar-refractivity contribution in [2.45, 2.75) is 12.5 Å². The summed E-state index contributed by atoms with van der Waals surface area (Å²) in [7, 11) is 0. The molecule has 1 heterocycles. The van der Waals surface area contributed by atoms with Crippen molar-refractivity contribution in [3.05, 3.63) is 24.8 Å². The zero-order valence-corrected chi connectivity index (χ0v) is 5.76. The van der Waals surface area contributed by atoms with Crippen molar-refractivity contribution in [3.8, 4) is 0 Å². The zero-order chi connectivity index (χ0) is 7.40. The first-order valence-corrected chi connectivity index (χ1v) is 3.32. The van der Waals surface area contributed by atoms with Crippen molar-refractivity contribution in [2.24, 2.45) is 0 Å².